The van der Waals surface area contributed by atoms with E-state index in [1.54, 1.807) is 7.11 Å². The SMILES string of the molecule is COc1ccc(C(CNC(=O)CN2CCCC23CC3)c2c[nH]c3ccccc23)cc1. The minimum absolute atomic E-state index is 0.0736. The van der Waals surface area contributed by atoms with Crippen LogP contribution in [0.5, 0.6) is 5.75 Å². The van der Waals surface area contributed by atoms with Crippen LogP contribution in [-0.2, 0) is 4.79 Å². The number of H-pyrrole nitrogens is 1. The van der Waals surface area contributed by atoms with Crippen molar-refractivity contribution >= 4 is 16.8 Å². The normalized spacial score (nSPS) is 18.6. The van der Waals surface area contributed by atoms with Crippen LogP contribution in [0, 0.1) is 0 Å². The molecule has 0 bridgehead atoms. The van der Waals surface area contributed by atoms with Gasteiger partial charge in [0.2, 0.25) is 5.91 Å². The summed E-state index contributed by atoms with van der Waals surface area (Å²) in [7, 11) is 1.68. The van der Waals surface area contributed by atoms with Gasteiger partial charge < -0.3 is 15.0 Å². The van der Waals surface area contributed by atoms with E-state index >= 15 is 0 Å². The quantitative estimate of drug-likeness (QED) is 0.626. The molecule has 1 amide bonds. The maximum absolute atomic E-state index is 12.8. The van der Waals surface area contributed by atoms with E-state index in [0.29, 0.717) is 18.6 Å². The average molecular weight is 404 g/mol. The number of para-hydroxylation sites is 1. The molecule has 5 nitrogen and oxygen atoms in total. The van der Waals surface area contributed by atoms with Crippen LogP contribution in [0.4, 0.5) is 0 Å². The van der Waals surface area contributed by atoms with E-state index in [2.05, 4.69) is 51.7 Å². The van der Waals surface area contributed by atoms with Crippen LogP contribution >= 0.6 is 0 Å². The highest BCUT2D eigenvalue weighted by atomic mass is 16.5. The summed E-state index contributed by atoms with van der Waals surface area (Å²) < 4.78 is 5.33. The summed E-state index contributed by atoms with van der Waals surface area (Å²) in [6.45, 7) is 2.15. The molecule has 0 radical (unpaired) electrons. The summed E-state index contributed by atoms with van der Waals surface area (Å²) in [4.78, 5) is 18.6. The van der Waals surface area contributed by atoms with Gasteiger partial charge in [-0.3, -0.25) is 9.69 Å². The number of rotatable bonds is 7. The van der Waals surface area contributed by atoms with E-state index in [4.69, 9.17) is 4.74 Å². The third kappa shape index (κ3) is 3.58. The molecular formula is C25H29N3O2. The largest absolute Gasteiger partial charge is 0.497 e. The predicted octanol–water partition coefficient (Wildman–Crippen LogP) is 4.05. The van der Waals surface area contributed by atoms with Gasteiger partial charge in [-0.1, -0.05) is 30.3 Å². The predicted molar refractivity (Wildman–Crippen MR) is 119 cm³/mol. The number of hydrogen-bond acceptors (Lipinski definition) is 3. The molecule has 2 fully saturated rings. The molecule has 30 heavy (non-hydrogen) atoms. The van der Waals surface area contributed by atoms with Gasteiger partial charge in [-0.25, -0.2) is 0 Å². The maximum Gasteiger partial charge on any atom is 0.234 e. The Kier molecular flexibility index (Phi) is 4.99. The van der Waals surface area contributed by atoms with Crippen LogP contribution in [0.1, 0.15) is 42.7 Å². The summed E-state index contributed by atoms with van der Waals surface area (Å²) in [5.41, 5.74) is 3.84. The number of fused-ring (bicyclic) bond motifs is 1. The molecule has 2 heterocycles. The molecule has 3 aromatic rings. The monoisotopic (exact) mass is 403 g/mol. The maximum atomic E-state index is 12.8. The molecule has 156 valence electrons. The summed E-state index contributed by atoms with van der Waals surface area (Å²) in [5.74, 6) is 1.04. The molecule has 1 saturated carbocycles. The number of amides is 1. The summed E-state index contributed by atoms with van der Waals surface area (Å²) >= 11 is 0. The molecule has 1 saturated heterocycles. The van der Waals surface area contributed by atoms with E-state index in [-0.39, 0.29) is 11.8 Å². The van der Waals surface area contributed by atoms with Gasteiger partial charge in [0.25, 0.3) is 0 Å². The van der Waals surface area contributed by atoms with Crippen molar-refractivity contribution < 1.29 is 9.53 Å². The molecule has 1 unspecified atom stereocenters. The van der Waals surface area contributed by atoms with Crippen LogP contribution < -0.4 is 10.1 Å². The van der Waals surface area contributed by atoms with Crippen LogP contribution in [-0.4, -0.2) is 48.1 Å². The summed E-state index contributed by atoms with van der Waals surface area (Å²) in [6.07, 6.45) is 7.06. The van der Waals surface area contributed by atoms with Crippen molar-refractivity contribution in [2.75, 3.05) is 26.7 Å². The topological polar surface area (TPSA) is 57.4 Å². The molecule has 1 aromatic heterocycles. The van der Waals surface area contributed by atoms with Crippen LogP contribution in [0.15, 0.2) is 54.7 Å². The third-order valence-corrected chi connectivity index (χ3v) is 6.92. The van der Waals surface area contributed by atoms with Crippen molar-refractivity contribution in [1.29, 1.82) is 0 Å². The third-order valence-electron chi connectivity index (χ3n) is 6.92. The van der Waals surface area contributed by atoms with Crippen molar-refractivity contribution in [1.82, 2.24) is 15.2 Å². The zero-order valence-electron chi connectivity index (χ0n) is 17.5. The second-order valence-corrected chi connectivity index (χ2v) is 8.67. The van der Waals surface area contributed by atoms with E-state index in [1.165, 1.54) is 42.2 Å². The van der Waals surface area contributed by atoms with Gasteiger partial charge in [-0.15, -0.1) is 0 Å². The Balaban J connectivity index is 1.36. The Bertz CT molecular complexity index is 1040. The fourth-order valence-corrected chi connectivity index (χ4v) is 5.02. The molecule has 2 aromatic carbocycles. The first kappa shape index (κ1) is 19.2. The van der Waals surface area contributed by atoms with Gasteiger partial charge in [-0.05, 0) is 61.6 Å². The summed E-state index contributed by atoms with van der Waals surface area (Å²) in [5, 5.41) is 4.43. The standard InChI is InChI=1S/C25H29N3O2/c1-30-19-9-7-18(8-10-19)21(22-16-26-23-6-3-2-5-20(22)23)15-27-24(29)17-28-14-4-11-25(28)12-13-25/h2-3,5-10,16,21,26H,4,11-15,17H2,1H3,(H,27,29). The zero-order chi connectivity index (χ0) is 20.6. The molecule has 1 aliphatic carbocycles. The van der Waals surface area contributed by atoms with E-state index in [9.17, 15) is 4.79 Å². The number of likely N-dealkylation sites (tertiary alicyclic amines) is 1. The van der Waals surface area contributed by atoms with Crippen LogP contribution in [0.2, 0.25) is 0 Å². The van der Waals surface area contributed by atoms with Crippen molar-refractivity contribution in [2.45, 2.75) is 37.1 Å². The van der Waals surface area contributed by atoms with Crippen LogP contribution in [0.25, 0.3) is 10.9 Å². The number of benzene rings is 2. The van der Waals surface area contributed by atoms with Crippen molar-refractivity contribution in [3.05, 3.63) is 65.9 Å². The molecular weight excluding hydrogens is 374 g/mol. The first-order valence-electron chi connectivity index (χ1n) is 10.9. The lowest BCUT2D eigenvalue weighted by Gasteiger charge is -2.24. The van der Waals surface area contributed by atoms with Gasteiger partial charge in [-0.2, -0.15) is 0 Å². The minimum atomic E-state index is 0.0736. The van der Waals surface area contributed by atoms with Gasteiger partial charge in [0, 0.05) is 35.1 Å². The fraction of sp³-hybridized carbons (Fsp3) is 0.400. The number of aromatic amines is 1. The van der Waals surface area contributed by atoms with Gasteiger partial charge in [0.05, 0.1) is 13.7 Å². The number of aromatic nitrogens is 1. The summed E-state index contributed by atoms with van der Waals surface area (Å²) in [6, 6.07) is 16.5. The van der Waals surface area contributed by atoms with Gasteiger partial charge in [0.1, 0.15) is 5.75 Å². The smallest absolute Gasteiger partial charge is 0.234 e. The molecule has 5 heteroatoms. The van der Waals surface area contributed by atoms with E-state index < -0.39 is 0 Å². The molecule has 1 spiro atoms. The Morgan fingerprint density at radius 3 is 2.73 bits per heavy atom. The molecule has 5 rings (SSSR count). The lowest BCUT2D eigenvalue weighted by atomic mass is 9.90. The van der Waals surface area contributed by atoms with Crippen molar-refractivity contribution in [2.24, 2.45) is 0 Å². The first-order valence-corrected chi connectivity index (χ1v) is 10.9. The lowest BCUT2D eigenvalue weighted by Crippen LogP contribution is -2.42. The number of hydrogen-bond donors (Lipinski definition) is 2. The number of nitrogens with one attached hydrogen (secondary N) is 2. The number of carbonyl (C=O) groups is 1. The van der Waals surface area contributed by atoms with Crippen molar-refractivity contribution in [3.8, 4) is 5.75 Å². The number of carbonyl (C=O) groups excluding carboxylic acids is 1. The number of methoxy groups -OCH3 is 1. The number of ether oxygens (including phenoxy) is 1. The highest BCUT2D eigenvalue weighted by molar-refractivity contribution is 5.84. The zero-order valence-corrected chi connectivity index (χ0v) is 17.5. The molecule has 2 N–H and O–H groups in total. The van der Waals surface area contributed by atoms with Crippen molar-refractivity contribution in [3.63, 3.8) is 0 Å². The van der Waals surface area contributed by atoms with Gasteiger partial charge >= 0.3 is 0 Å². The first-order chi connectivity index (χ1) is 14.7. The Morgan fingerprint density at radius 2 is 1.97 bits per heavy atom. The lowest BCUT2D eigenvalue weighted by molar-refractivity contribution is -0.122. The van der Waals surface area contributed by atoms with E-state index in [1.807, 2.05) is 18.2 Å². The van der Waals surface area contributed by atoms with Crippen LogP contribution in [0.3, 0.4) is 0 Å². The fourth-order valence-electron chi connectivity index (χ4n) is 5.02. The highest BCUT2D eigenvalue weighted by Gasteiger charge is 2.50. The average Bonchev–Trinajstić information content (AvgIpc) is 3.28. The Labute approximate surface area is 177 Å². The minimum Gasteiger partial charge on any atom is -0.497 e. The molecule has 1 atom stereocenters. The van der Waals surface area contributed by atoms with E-state index in [0.717, 1.165) is 17.8 Å². The second kappa shape index (κ2) is 7.80. The Morgan fingerprint density at radius 1 is 1.17 bits per heavy atom. The number of nitrogens with zero attached hydrogens (tertiary/aromatic N) is 1. The molecule has 2 aliphatic rings. The molecule has 1 aliphatic heterocycles. The second-order valence-electron chi connectivity index (χ2n) is 8.67. The highest BCUT2D eigenvalue weighted by Crippen LogP contribution is 2.49. The van der Waals surface area contributed by atoms with Gasteiger partial charge in [0.15, 0.2) is 0 Å². The Hall–Kier alpha value is -2.79.